The normalized spacial score (nSPS) is 17.9. The third-order valence-corrected chi connectivity index (χ3v) is 6.55. The molecule has 2 fully saturated rings. The van der Waals surface area contributed by atoms with Crippen LogP contribution >= 0.6 is 23.8 Å². The van der Waals surface area contributed by atoms with Gasteiger partial charge in [0.15, 0.2) is 5.11 Å². The molecule has 0 atom stereocenters. The van der Waals surface area contributed by atoms with Crippen molar-refractivity contribution >= 4 is 40.7 Å². The lowest BCUT2D eigenvalue weighted by Gasteiger charge is -2.38. The van der Waals surface area contributed by atoms with Gasteiger partial charge >= 0.3 is 0 Å². The summed E-state index contributed by atoms with van der Waals surface area (Å²) in [6.07, 6.45) is 4.18. The van der Waals surface area contributed by atoms with Gasteiger partial charge in [0.1, 0.15) is 5.82 Å². The minimum atomic E-state index is -0.0650. The Bertz CT molecular complexity index is 899. The van der Waals surface area contributed by atoms with E-state index in [0.29, 0.717) is 23.5 Å². The minimum absolute atomic E-state index is 0.0650. The van der Waals surface area contributed by atoms with Crippen LogP contribution in [-0.2, 0) is 10.2 Å². The van der Waals surface area contributed by atoms with Gasteiger partial charge in [0.2, 0.25) is 11.8 Å². The van der Waals surface area contributed by atoms with Crippen molar-refractivity contribution in [2.24, 2.45) is 0 Å². The molecule has 0 amide bonds. The number of anilines is 2. The van der Waals surface area contributed by atoms with Crippen molar-refractivity contribution in [2.75, 3.05) is 50.2 Å². The monoisotopic (exact) mass is 461 g/mol. The van der Waals surface area contributed by atoms with Crippen LogP contribution in [0.1, 0.15) is 31.2 Å². The van der Waals surface area contributed by atoms with Crippen LogP contribution in [0.5, 0.6) is 5.88 Å². The van der Waals surface area contributed by atoms with Gasteiger partial charge in [-0.25, -0.2) is 0 Å². The van der Waals surface area contributed by atoms with Gasteiger partial charge in [-0.1, -0.05) is 23.7 Å². The number of halogens is 1. The van der Waals surface area contributed by atoms with E-state index in [1.807, 2.05) is 18.2 Å². The predicted molar refractivity (Wildman–Crippen MR) is 127 cm³/mol. The lowest BCUT2D eigenvalue weighted by molar-refractivity contribution is 0.0515. The molecule has 31 heavy (non-hydrogen) atoms. The topological polar surface area (TPSA) is 71.5 Å². The molecule has 1 aromatic heterocycles. The van der Waals surface area contributed by atoms with Gasteiger partial charge in [0, 0.05) is 49.4 Å². The fourth-order valence-corrected chi connectivity index (χ4v) is 4.50. The van der Waals surface area contributed by atoms with Crippen LogP contribution in [-0.4, -0.2) is 55.0 Å². The molecule has 7 nitrogen and oxygen atoms in total. The van der Waals surface area contributed by atoms with E-state index in [9.17, 15) is 0 Å². The van der Waals surface area contributed by atoms with Crippen LogP contribution in [0.2, 0.25) is 5.02 Å². The molecule has 166 valence electrons. The lowest BCUT2D eigenvalue weighted by atomic mass is 9.74. The van der Waals surface area contributed by atoms with Crippen molar-refractivity contribution in [3.63, 3.8) is 0 Å². The van der Waals surface area contributed by atoms with Crippen molar-refractivity contribution < 1.29 is 9.47 Å². The minimum Gasteiger partial charge on any atom is -0.481 e. The summed E-state index contributed by atoms with van der Waals surface area (Å²) in [7, 11) is 1.61. The molecule has 2 saturated heterocycles. The van der Waals surface area contributed by atoms with Gasteiger partial charge in [-0.15, -0.1) is 0 Å². The van der Waals surface area contributed by atoms with Crippen molar-refractivity contribution in [3.8, 4) is 5.88 Å². The molecule has 0 bridgehead atoms. The van der Waals surface area contributed by atoms with Crippen LogP contribution in [0, 0.1) is 0 Å². The quantitative estimate of drug-likeness (QED) is 0.630. The third kappa shape index (κ3) is 5.37. The standard InChI is InChI=1S/C22H28ClN5O2S/c1-29-19-14-18(28-10-2-3-11-28)25-20(26-19)27-21(31)24-15-22(8-12-30-13-9-22)16-4-6-17(23)7-5-16/h4-7,14H,2-3,8-13,15H2,1H3,(H2,24,25,26,27,31). The van der Waals surface area contributed by atoms with E-state index < -0.39 is 0 Å². The molecule has 3 heterocycles. The van der Waals surface area contributed by atoms with Crippen molar-refractivity contribution in [1.82, 2.24) is 15.3 Å². The van der Waals surface area contributed by atoms with Gasteiger partial charge in [0.25, 0.3) is 0 Å². The third-order valence-electron chi connectivity index (χ3n) is 6.05. The van der Waals surface area contributed by atoms with Gasteiger partial charge in [0.05, 0.1) is 7.11 Å². The Hall–Kier alpha value is -2.16. The number of hydrogen-bond acceptors (Lipinski definition) is 6. The van der Waals surface area contributed by atoms with Crippen molar-refractivity contribution in [3.05, 3.63) is 40.9 Å². The lowest BCUT2D eigenvalue weighted by Crippen LogP contribution is -2.45. The van der Waals surface area contributed by atoms with Crippen LogP contribution in [0.4, 0.5) is 11.8 Å². The van der Waals surface area contributed by atoms with Gasteiger partial charge in [-0.3, -0.25) is 0 Å². The smallest absolute Gasteiger partial charge is 0.234 e. The van der Waals surface area contributed by atoms with E-state index in [1.54, 1.807) is 7.11 Å². The van der Waals surface area contributed by atoms with E-state index in [0.717, 1.165) is 50.0 Å². The number of nitrogens with zero attached hydrogens (tertiary/aromatic N) is 3. The maximum absolute atomic E-state index is 6.10. The van der Waals surface area contributed by atoms with Gasteiger partial charge in [-0.2, -0.15) is 9.97 Å². The fourth-order valence-electron chi connectivity index (χ4n) is 4.21. The molecule has 2 aliphatic heterocycles. The van der Waals surface area contributed by atoms with Gasteiger partial charge in [-0.05, 0) is 55.6 Å². The highest BCUT2D eigenvalue weighted by atomic mass is 35.5. The predicted octanol–water partition coefficient (Wildman–Crippen LogP) is 3.77. The van der Waals surface area contributed by atoms with E-state index in [4.69, 9.17) is 33.3 Å². The molecular formula is C22H28ClN5O2S. The first-order chi connectivity index (χ1) is 15.1. The number of methoxy groups -OCH3 is 1. The van der Waals surface area contributed by atoms with Crippen LogP contribution in [0.25, 0.3) is 0 Å². The Kier molecular flexibility index (Phi) is 7.09. The van der Waals surface area contributed by atoms with Crippen LogP contribution in [0.3, 0.4) is 0 Å². The summed E-state index contributed by atoms with van der Waals surface area (Å²) in [6, 6.07) is 9.94. The number of ether oxygens (including phenoxy) is 2. The number of benzene rings is 1. The summed E-state index contributed by atoms with van der Waals surface area (Å²) in [4.78, 5) is 11.3. The van der Waals surface area contributed by atoms with Crippen LogP contribution < -0.4 is 20.3 Å². The van der Waals surface area contributed by atoms with Crippen molar-refractivity contribution in [1.29, 1.82) is 0 Å². The zero-order valence-corrected chi connectivity index (χ0v) is 19.3. The Morgan fingerprint density at radius 1 is 1.19 bits per heavy atom. The molecule has 2 N–H and O–H groups in total. The molecule has 0 saturated carbocycles. The first kappa shape index (κ1) is 22.0. The van der Waals surface area contributed by atoms with E-state index in [1.165, 1.54) is 18.4 Å². The molecule has 9 heteroatoms. The summed E-state index contributed by atoms with van der Waals surface area (Å²) in [5, 5.41) is 7.74. The molecule has 4 rings (SSSR count). The first-order valence-corrected chi connectivity index (χ1v) is 11.4. The second-order valence-electron chi connectivity index (χ2n) is 7.99. The number of rotatable bonds is 6. The number of aromatic nitrogens is 2. The Balaban J connectivity index is 1.45. The number of thiocarbonyl (C=S) groups is 1. The second kappa shape index (κ2) is 9.97. The maximum atomic E-state index is 6.10. The van der Waals surface area contributed by atoms with Crippen molar-refractivity contribution in [2.45, 2.75) is 31.1 Å². The summed E-state index contributed by atoms with van der Waals surface area (Å²) in [5.41, 5.74) is 1.18. The highest BCUT2D eigenvalue weighted by molar-refractivity contribution is 7.80. The number of hydrogen-bond donors (Lipinski definition) is 2. The summed E-state index contributed by atoms with van der Waals surface area (Å²) in [5.74, 6) is 1.81. The second-order valence-corrected chi connectivity index (χ2v) is 8.84. The number of nitrogens with one attached hydrogen (secondary N) is 2. The average molecular weight is 462 g/mol. The zero-order chi connectivity index (χ0) is 21.7. The average Bonchev–Trinajstić information content (AvgIpc) is 3.34. The van der Waals surface area contributed by atoms with E-state index >= 15 is 0 Å². The van der Waals surface area contributed by atoms with Crippen LogP contribution in [0.15, 0.2) is 30.3 Å². The molecule has 2 aromatic rings. The van der Waals surface area contributed by atoms with E-state index in [2.05, 4.69) is 37.6 Å². The molecular weight excluding hydrogens is 434 g/mol. The van der Waals surface area contributed by atoms with E-state index in [-0.39, 0.29) is 5.41 Å². The molecule has 0 unspecified atom stereocenters. The Labute approximate surface area is 193 Å². The molecule has 0 spiro atoms. The molecule has 0 radical (unpaired) electrons. The molecule has 0 aliphatic carbocycles. The maximum Gasteiger partial charge on any atom is 0.234 e. The Morgan fingerprint density at radius 3 is 2.58 bits per heavy atom. The Morgan fingerprint density at radius 2 is 1.90 bits per heavy atom. The first-order valence-electron chi connectivity index (χ1n) is 10.6. The summed E-state index contributed by atoms with van der Waals surface area (Å²) in [6.45, 7) is 4.13. The largest absolute Gasteiger partial charge is 0.481 e. The molecule has 1 aromatic carbocycles. The highest BCUT2D eigenvalue weighted by Crippen LogP contribution is 2.35. The SMILES string of the molecule is COc1cc(N2CCCC2)nc(NC(=S)NCC2(c3ccc(Cl)cc3)CCOCC2)n1. The van der Waals surface area contributed by atoms with Gasteiger partial charge < -0.3 is 25.0 Å². The zero-order valence-electron chi connectivity index (χ0n) is 17.7. The summed E-state index contributed by atoms with van der Waals surface area (Å²) < 4.78 is 11.0. The summed E-state index contributed by atoms with van der Waals surface area (Å²) >= 11 is 11.7. The fraction of sp³-hybridized carbons (Fsp3) is 0.500. The highest BCUT2D eigenvalue weighted by Gasteiger charge is 2.34. The molecule has 2 aliphatic rings.